The third kappa shape index (κ3) is 6.80. The second-order valence-corrected chi connectivity index (χ2v) is 20.4. The molecule has 5 heteroatoms. The van der Waals surface area contributed by atoms with Gasteiger partial charge in [-0.05, 0) is 111 Å². The molecular weight excluding hydrogens is 893 g/mol. The maximum Gasteiger partial charge on any atom is 0.235 e. The molecule has 0 amide bonds. The van der Waals surface area contributed by atoms with Crippen LogP contribution in [-0.4, -0.2) is 14.5 Å². The predicted octanol–water partition coefficient (Wildman–Crippen LogP) is 18.4. The number of hydrogen-bond acceptors (Lipinski definition) is 4. The van der Waals surface area contributed by atoms with Gasteiger partial charge in [-0.25, -0.2) is 9.97 Å². The lowest BCUT2D eigenvalue weighted by Crippen LogP contribution is -2.15. The van der Waals surface area contributed by atoms with Crippen molar-refractivity contribution in [3.8, 4) is 61.8 Å². The minimum atomic E-state index is -0.205. The summed E-state index contributed by atoms with van der Waals surface area (Å²) in [5.74, 6) is 0.634. The summed E-state index contributed by atoms with van der Waals surface area (Å²) in [6.07, 6.45) is 0. The number of rotatable bonds is 8. The van der Waals surface area contributed by atoms with Crippen molar-refractivity contribution in [2.75, 3.05) is 4.90 Å². The van der Waals surface area contributed by atoms with Crippen LogP contribution in [0.2, 0.25) is 0 Å². The van der Waals surface area contributed by atoms with Gasteiger partial charge in [-0.2, -0.15) is 0 Å². The quantitative estimate of drug-likeness (QED) is 0.152. The van der Waals surface area contributed by atoms with Crippen LogP contribution < -0.4 is 4.90 Å². The molecule has 3 aromatic heterocycles. The van der Waals surface area contributed by atoms with E-state index in [4.69, 9.17) is 9.97 Å². The number of benzene rings is 10. The topological polar surface area (TPSA) is 34.0 Å². The lowest BCUT2D eigenvalue weighted by molar-refractivity contribution is 0.661. The normalized spacial score (nSPS) is 12.7. The minimum Gasteiger partial charge on any atom is -0.310 e. The molecule has 0 unspecified atom stereocenters. The Bertz CT molecular complexity index is 4160. The molecule has 13 aromatic rings. The van der Waals surface area contributed by atoms with Gasteiger partial charge in [0.05, 0.1) is 22.4 Å². The molecule has 10 aromatic carbocycles. The number of anilines is 3. The van der Waals surface area contributed by atoms with Crippen molar-refractivity contribution < 1.29 is 0 Å². The molecule has 0 radical (unpaired) electrons. The summed E-state index contributed by atoms with van der Waals surface area (Å²) in [4.78, 5) is 13.3. The third-order valence-electron chi connectivity index (χ3n) is 14.8. The monoisotopic (exact) mass is 938 g/mol. The molecule has 0 atom stereocenters. The van der Waals surface area contributed by atoms with Crippen LogP contribution in [0.5, 0.6) is 0 Å². The first-order chi connectivity index (χ1) is 35.4. The third-order valence-corrected chi connectivity index (χ3v) is 16.0. The number of thiophene rings is 1. The molecule has 4 nitrogen and oxygen atoms in total. The number of aromatic nitrogens is 3. The van der Waals surface area contributed by atoms with Crippen LogP contribution in [0.3, 0.4) is 0 Å². The van der Waals surface area contributed by atoms with Gasteiger partial charge in [0.2, 0.25) is 5.95 Å². The Kier molecular flexibility index (Phi) is 9.70. The summed E-state index contributed by atoms with van der Waals surface area (Å²) in [5, 5.41) is 4.79. The summed E-state index contributed by atoms with van der Waals surface area (Å²) in [7, 11) is 0. The second kappa shape index (κ2) is 16.6. The van der Waals surface area contributed by atoms with Gasteiger partial charge in [-0.1, -0.05) is 190 Å². The molecule has 0 bridgehead atoms. The summed E-state index contributed by atoms with van der Waals surface area (Å²) < 4.78 is 4.87. The molecule has 0 N–H and O–H groups in total. The first-order valence-corrected chi connectivity index (χ1v) is 25.5. The highest BCUT2D eigenvalue weighted by Crippen LogP contribution is 2.52. The Labute approximate surface area is 422 Å². The van der Waals surface area contributed by atoms with E-state index in [0.717, 1.165) is 61.4 Å². The molecule has 0 fully saturated rings. The molecule has 14 rings (SSSR count). The first kappa shape index (κ1) is 42.0. The average molecular weight is 939 g/mol. The zero-order valence-corrected chi connectivity index (χ0v) is 40.6. The van der Waals surface area contributed by atoms with Gasteiger partial charge < -0.3 is 4.90 Å². The first-order valence-electron chi connectivity index (χ1n) is 24.6. The van der Waals surface area contributed by atoms with Crippen molar-refractivity contribution in [1.29, 1.82) is 0 Å². The van der Waals surface area contributed by atoms with Crippen LogP contribution >= 0.6 is 11.3 Å². The van der Waals surface area contributed by atoms with E-state index >= 15 is 0 Å². The molecule has 72 heavy (non-hydrogen) atoms. The molecule has 3 heterocycles. The zero-order chi connectivity index (χ0) is 47.9. The van der Waals surface area contributed by atoms with Gasteiger partial charge in [0.1, 0.15) is 0 Å². The van der Waals surface area contributed by atoms with Crippen LogP contribution in [0.1, 0.15) is 25.0 Å². The van der Waals surface area contributed by atoms with E-state index in [1.54, 1.807) is 0 Å². The van der Waals surface area contributed by atoms with Crippen molar-refractivity contribution in [2.24, 2.45) is 0 Å². The summed E-state index contributed by atoms with van der Waals surface area (Å²) in [6, 6.07) is 87.9. The van der Waals surface area contributed by atoms with Crippen molar-refractivity contribution in [1.82, 2.24) is 14.5 Å². The molecule has 1 aliphatic rings. The molecular formula is C67H46N4S. The Morgan fingerprint density at radius 3 is 1.60 bits per heavy atom. The summed E-state index contributed by atoms with van der Waals surface area (Å²) in [5.41, 5.74) is 19.0. The number of nitrogens with zero attached hydrogens (tertiary/aromatic N) is 4. The number of fused-ring (bicyclic) bond motifs is 9. The van der Waals surface area contributed by atoms with Crippen LogP contribution in [0.15, 0.2) is 243 Å². The van der Waals surface area contributed by atoms with E-state index in [2.05, 4.69) is 266 Å². The molecule has 0 saturated carbocycles. The lowest BCUT2D eigenvalue weighted by Gasteiger charge is -2.26. The van der Waals surface area contributed by atoms with Crippen molar-refractivity contribution in [3.63, 3.8) is 0 Å². The van der Waals surface area contributed by atoms with Gasteiger partial charge in [0.25, 0.3) is 0 Å². The van der Waals surface area contributed by atoms with Crippen molar-refractivity contribution in [2.45, 2.75) is 19.3 Å². The van der Waals surface area contributed by atoms with E-state index in [0.29, 0.717) is 5.95 Å². The van der Waals surface area contributed by atoms with Crippen molar-refractivity contribution >= 4 is 70.4 Å². The van der Waals surface area contributed by atoms with Crippen LogP contribution in [0, 0.1) is 0 Å². The summed E-state index contributed by atoms with van der Waals surface area (Å²) in [6.45, 7) is 4.71. The van der Waals surface area contributed by atoms with Gasteiger partial charge in [-0.3, -0.25) is 4.57 Å². The highest BCUT2D eigenvalue weighted by atomic mass is 32.1. The van der Waals surface area contributed by atoms with E-state index in [9.17, 15) is 0 Å². The fraction of sp³-hybridized carbons (Fsp3) is 0.0448. The predicted molar refractivity (Wildman–Crippen MR) is 303 cm³/mol. The average Bonchev–Trinajstić information content (AvgIpc) is 4.06. The second-order valence-electron chi connectivity index (χ2n) is 19.4. The Morgan fingerprint density at radius 1 is 0.375 bits per heavy atom. The van der Waals surface area contributed by atoms with Crippen LogP contribution in [0.25, 0.3) is 104 Å². The van der Waals surface area contributed by atoms with Gasteiger partial charge >= 0.3 is 0 Å². The van der Waals surface area contributed by atoms with Crippen LogP contribution in [-0.2, 0) is 5.41 Å². The Balaban J connectivity index is 1.02. The van der Waals surface area contributed by atoms with E-state index in [-0.39, 0.29) is 5.41 Å². The smallest absolute Gasteiger partial charge is 0.235 e. The van der Waals surface area contributed by atoms with E-state index in [1.807, 2.05) is 11.3 Å². The zero-order valence-electron chi connectivity index (χ0n) is 39.8. The van der Waals surface area contributed by atoms with E-state index in [1.165, 1.54) is 64.7 Å². The maximum atomic E-state index is 5.44. The Morgan fingerprint density at radius 2 is 0.917 bits per heavy atom. The molecule has 0 saturated heterocycles. The summed E-state index contributed by atoms with van der Waals surface area (Å²) >= 11 is 1.87. The van der Waals surface area contributed by atoms with E-state index < -0.39 is 0 Å². The van der Waals surface area contributed by atoms with Gasteiger partial charge in [0, 0.05) is 64.5 Å². The van der Waals surface area contributed by atoms with Gasteiger partial charge in [0.15, 0.2) is 0 Å². The highest BCUT2D eigenvalue weighted by Gasteiger charge is 2.36. The largest absolute Gasteiger partial charge is 0.310 e. The Hall–Kier alpha value is -8.90. The highest BCUT2D eigenvalue weighted by molar-refractivity contribution is 7.26. The standard InChI is InChI=1S/C67H46N4S/c1-67(2)58-29-16-15-26-52(58)54-40-56-55-38-49(34-36-62(55)71(63(56)41-59(54)67)66-68-60(46-22-11-5-12-23-46)42-61(69-66)47-24-13-6-14-25-47)70(48-32-30-44(31-33-48)43-18-7-3-8-19-43)50-35-37-64-57(39-50)53-28-17-27-51(65(53)72-64)45-20-9-4-10-21-45/h3-42H,1-2H3. The van der Waals surface area contributed by atoms with Crippen LogP contribution in [0.4, 0.5) is 17.1 Å². The van der Waals surface area contributed by atoms with Crippen molar-refractivity contribution in [3.05, 3.63) is 254 Å². The molecule has 1 aliphatic carbocycles. The fourth-order valence-corrected chi connectivity index (χ4v) is 12.5. The minimum absolute atomic E-state index is 0.205. The maximum absolute atomic E-state index is 5.44. The molecule has 0 spiro atoms. The molecule has 340 valence electrons. The SMILES string of the molecule is CC1(C)c2ccccc2-c2cc3c4cc(N(c5ccc(-c6ccccc6)cc5)c5ccc6sc7c(-c8ccccc8)cccc7c6c5)ccc4n(-c4nc(-c5ccccc5)cc(-c5ccccc5)n4)c3cc21. The lowest BCUT2D eigenvalue weighted by atomic mass is 9.82. The molecule has 0 aliphatic heterocycles. The number of hydrogen-bond donors (Lipinski definition) is 0. The van der Waals surface area contributed by atoms with Gasteiger partial charge in [-0.15, -0.1) is 11.3 Å². The fourth-order valence-electron chi connectivity index (χ4n) is 11.3.